The number of rotatable bonds is 8. The Morgan fingerprint density at radius 3 is 2.83 bits per heavy atom. The zero-order chi connectivity index (χ0) is 17.5. The van der Waals surface area contributed by atoms with Crippen LogP contribution in [-0.2, 0) is 16.1 Å². The number of hydrogen-bond donors (Lipinski definition) is 0. The number of esters is 1. The zero-order valence-electron chi connectivity index (χ0n) is 14.1. The fraction of sp³-hybridized carbons (Fsp3) is 0.353. The van der Waals surface area contributed by atoms with Crippen molar-refractivity contribution in [2.45, 2.75) is 31.7 Å². The molecule has 1 aromatic carbocycles. The molecular weight excluding hydrogens is 326 g/mol. The highest BCUT2D eigenvalue weighted by atomic mass is 32.2. The highest BCUT2D eigenvalue weighted by Crippen LogP contribution is 2.26. The summed E-state index contributed by atoms with van der Waals surface area (Å²) in [5.41, 5.74) is 1.06. The minimum absolute atomic E-state index is 0.179. The molecule has 0 spiro atoms. The molecule has 7 heteroatoms. The van der Waals surface area contributed by atoms with Crippen molar-refractivity contribution >= 4 is 17.7 Å². The number of ether oxygens (including phenoxy) is 2. The SMILES string of the molecule is C=CCn1c(SCC(=O)OC)nnc1C(C)Oc1ccccc1C. The lowest BCUT2D eigenvalue weighted by atomic mass is 10.2. The maximum atomic E-state index is 11.3. The van der Waals surface area contributed by atoms with Gasteiger partial charge in [-0.25, -0.2) is 0 Å². The number of para-hydroxylation sites is 1. The lowest BCUT2D eigenvalue weighted by Crippen LogP contribution is -2.13. The van der Waals surface area contributed by atoms with Crippen LogP contribution in [0.25, 0.3) is 0 Å². The van der Waals surface area contributed by atoms with Gasteiger partial charge in [-0.1, -0.05) is 36.0 Å². The predicted octanol–water partition coefficient (Wildman–Crippen LogP) is 3.18. The molecule has 0 bridgehead atoms. The van der Waals surface area contributed by atoms with Gasteiger partial charge in [-0.3, -0.25) is 9.36 Å². The fourth-order valence-electron chi connectivity index (χ4n) is 2.12. The second-order valence-electron chi connectivity index (χ2n) is 5.13. The maximum absolute atomic E-state index is 11.3. The van der Waals surface area contributed by atoms with Gasteiger partial charge in [0.05, 0.1) is 12.9 Å². The van der Waals surface area contributed by atoms with Gasteiger partial charge < -0.3 is 9.47 Å². The van der Waals surface area contributed by atoms with Gasteiger partial charge in [0.1, 0.15) is 5.75 Å². The molecular formula is C17H21N3O3S. The summed E-state index contributed by atoms with van der Waals surface area (Å²) in [7, 11) is 1.36. The summed E-state index contributed by atoms with van der Waals surface area (Å²) in [5, 5.41) is 9.03. The highest BCUT2D eigenvalue weighted by Gasteiger charge is 2.20. The van der Waals surface area contributed by atoms with Crippen molar-refractivity contribution in [3.63, 3.8) is 0 Å². The van der Waals surface area contributed by atoms with E-state index < -0.39 is 0 Å². The van der Waals surface area contributed by atoms with E-state index in [1.54, 1.807) is 6.08 Å². The Morgan fingerprint density at radius 2 is 2.17 bits per heavy atom. The summed E-state index contributed by atoms with van der Waals surface area (Å²) in [6, 6.07) is 7.82. The topological polar surface area (TPSA) is 66.2 Å². The largest absolute Gasteiger partial charge is 0.482 e. The van der Waals surface area contributed by atoms with Crippen LogP contribution in [0.2, 0.25) is 0 Å². The van der Waals surface area contributed by atoms with Gasteiger partial charge >= 0.3 is 5.97 Å². The third-order valence-corrected chi connectivity index (χ3v) is 4.31. The van der Waals surface area contributed by atoms with E-state index in [0.29, 0.717) is 17.5 Å². The van der Waals surface area contributed by atoms with E-state index in [4.69, 9.17) is 4.74 Å². The number of carbonyl (C=O) groups excluding carboxylic acids is 1. The lowest BCUT2D eigenvalue weighted by molar-refractivity contribution is -0.137. The van der Waals surface area contributed by atoms with Crippen molar-refractivity contribution in [2.75, 3.05) is 12.9 Å². The molecule has 0 N–H and O–H groups in total. The van der Waals surface area contributed by atoms with E-state index in [1.807, 2.05) is 42.7 Å². The summed E-state index contributed by atoms with van der Waals surface area (Å²) in [5.74, 6) is 1.37. The number of carbonyl (C=O) groups is 1. The first-order valence-electron chi connectivity index (χ1n) is 7.52. The molecule has 0 amide bonds. The number of benzene rings is 1. The zero-order valence-corrected chi connectivity index (χ0v) is 14.9. The van der Waals surface area contributed by atoms with E-state index in [1.165, 1.54) is 18.9 Å². The second kappa shape index (κ2) is 8.54. The van der Waals surface area contributed by atoms with Gasteiger partial charge in [-0.2, -0.15) is 0 Å². The molecule has 0 aliphatic heterocycles. The number of aryl methyl sites for hydroxylation is 1. The van der Waals surface area contributed by atoms with Crippen molar-refractivity contribution in [1.29, 1.82) is 0 Å². The van der Waals surface area contributed by atoms with Crippen molar-refractivity contribution in [1.82, 2.24) is 14.8 Å². The van der Waals surface area contributed by atoms with Crippen LogP contribution in [0.3, 0.4) is 0 Å². The highest BCUT2D eigenvalue weighted by molar-refractivity contribution is 7.99. The Bertz CT molecular complexity index is 715. The molecule has 0 radical (unpaired) electrons. The minimum Gasteiger partial charge on any atom is -0.482 e. The van der Waals surface area contributed by atoms with Crippen LogP contribution in [0.1, 0.15) is 24.4 Å². The van der Waals surface area contributed by atoms with E-state index in [-0.39, 0.29) is 17.8 Å². The molecule has 1 unspecified atom stereocenters. The number of hydrogen-bond acceptors (Lipinski definition) is 6. The predicted molar refractivity (Wildman–Crippen MR) is 93.2 cm³/mol. The van der Waals surface area contributed by atoms with Gasteiger partial charge in [-0.15, -0.1) is 16.8 Å². The van der Waals surface area contributed by atoms with Gasteiger partial charge in [0.2, 0.25) is 0 Å². The molecule has 1 atom stereocenters. The minimum atomic E-state index is -0.307. The molecule has 0 saturated carbocycles. The Hall–Kier alpha value is -2.28. The molecule has 24 heavy (non-hydrogen) atoms. The molecule has 0 saturated heterocycles. The van der Waals surface area contributed by atoms with Crippen LogP contribution in [0.4, 0.5) is 0 Å². The second-order valence-corrected chi connectivity index (χ2v) is 6.07. The Kier molecular flexibility index (Phi) is 6.43. The average Bonchev–Trinajstić information content (AvgIpc) is 2.98. The molecule has 128 valence electrons. The standard InChI is InChI=1S/C17H21N3O3S/c1-5-10-20-16(18-19-17(20)24-11-15(21)22-4)13(3)23-14-9-7-6-8-12(14)2/h5-9,13H,1,10-11H2,2-4H3. The molecule has 0 aliphatic rings. The van der Waals surface area contributed by atoms with Gasteiger partial charge in [0.25, 0.3) is 0 Å². The summed E-state index contributed by atoms with van der Waals surface area (Å²) in [6.07, 6.45) is 1.47. The van der Waals surface area contributed by atoms with Crippen molar-refractivity contribution in [2.24, 2.45) is 0 Å². The van der Waals surface area contributed by atoms with Crippen LogP contribution in [0, 0.1) is 6.92 Å². The summed E-state index contributed by atoms with van der Waals surface area (Å²) in [4.78, 5) is 11.3. The third-order valence-electron chi connectivity index (χ3n) is 3.36. The Balaban J connectivity index is 2.19. The monoisotopic (exact) mass is 347 g/mol. The quantitative estimate of drug-likeness (QED) is 0.415. The molecule has 2 aromatic rings. The van der Waals surface area contributed by atoms with Crippen molar-refractivity contribution in [3.8, 4) is 5.75 Å². The fourth-order valence-corrected chi connectivity index (χ4v) is 2.91. The van der Waals surface area contributed by atoms with E-state index in [2.05, 4.69) is 21.5 Å². The summed E-state index contributed by atoms with van der Waals surface area (Å²) < 4.78 is 12.6. The third kappa shape index (κ3) is 4.38. The van der Waals surface area contributed by atoms with Gasteiger partial charge in [-0.05, 0) is 25.5 Å². The number of allylic oxidation sites excluding steroid dienone is 1. The van der Waals surface area contributed by atoms with Crippen LogP contribution in [0.15, 0.2) is 42.1 Å². The van der Waals surface area contributed by atoms with Gasteiger partial charge in [0.15, 0.2) is 17.1 Å². The first-order chi connectivity index (χ1) is 11.6. The molecule has 1 heterocycles. The van der Waals surface area contributed by atoms with Crippen molar-refractivity contribution in [3.05, 3.63) is 48.3 Å². The van der Waals surface area contributed by atoms with Crippen LogP contribution < -0.4 is 4.74 Å². The van der Waals surface area contributed by atoms with E-state index in [0.717, 1.165) is 11.3 Å². The number of aromatic nitrogens is 3. The lowest BCUT2D eigenvalue weighted by Gasteiger charge is -2.17. The van der Waals surface area contributed by atoms with Gasteiger partial charge in [0, 0.05) is 6.54 Å². The molecule has 1 aromatic heterocycles. The van der Waals surface area contributed by atoms with E-state index in [9.17, 15) is 4.79 Å². The maximum Gasteiger partial charge on any atom is 0.316 e. The van der Waals surface area contributed by atoms with Crippen molar-refractivity contribution < 1.29 is 14.3 Å². The first-order valence-corrected chi connectivity index (χ1v) is 8.51. The van der Waals surface area contributed by atoms with E-state index >= 15 is 0 Å². The molecule has 6 nitrogen and oxygen atoms in total. The molecule has 0 aliphatic carbocycles. The Morgan fingerprint density at radius 1 is 1.42 bits per heavy atom. The molecule has 0 fully saturated rings. The van der Waals surface area contributed by atoms with Crippen LogP contribution in [-0.4, -0.2) is 33.6 Å². The Labute approximate surface area is 145 Å². The summed E-state index contributed by atoms with van der Waals surface area (Å²) >= 11 is 1.28. The number of methoxy groups -OCH3 is 1. The smallest absolute Gasteiger partial charge is 0.316 e. The normalized spacial score (nSPS) is 11.8. The number of nitrogens with zero attached hydrogens (tertiary/aromatic N) is 3. The average molecular weight is 347 g/mol. The molecule has 2 rings (SSSR count). The van der Waals surface area contributed by atoms with Crippen LogP contribution >= 0.6 is 11.8 Å². The first kappa shape index (κ1) is 18.1. The van der Waals surface area contributed by atoms with Crippen LogP contribution in [0.5, 0.6) is 5.75 Å². The summed E-state index contributed by atoms with van der Waals surface area (Å²) in [6.45, 7) is 8.22. The number of thioether (sulfide) groups is 1.